The third-order valence-electron chi connectivity index (χ3n) is 4.84. The first-order valence-corrected chi connectivity index (χ1v) is 8.87. The summed E-state index contributed by atoms with van der Waals surface area (Å²) in [6, 6.07) is 3.54. The number of amides is 1. The Kier molecular flexibility index (Phi) is 4.47. The van der Waals surface area contributed by atoms with Crippen molar-refractivity contribution >= 4 is 5.91 Å². The van der Waals surface area contributed by atoms with Gasteiger partial charge >= 0.3 is 0 Å². The summed E-state index contributed by atoms with van der Waals surface area (Å²) in [5.74, 6) is 2.02. The van der Waals surface area contributed by atoms with Gasteiger partial charge in [-0.05, 0) is 31.9 Å². The molecule has 0 unspecified atom stereocenters. The van der Waals surface area contributed by atoms with E-state index in [4.69, 9.17) is 0 Å². The largest absolute Gasteiger partial charge is 0.338 e. The van der Waals surface area contributed by atoms with Gasteiger partial charge in [0, 0.05) is 49.7 Å². The quantitative estimate of drug-likeness (QED) is 0.717. The van der Waals surface area contributed by atoms with Crippen LogP contribution in [0.15, 0.2) is 43.4 Å². The van der Waals surface area contributed by atoms with Crippen LogP contribution in [0.1, 0.15) is 41.9 Å². The molecule has 8 heteroatoms. The van der Waals surface area contributed by atoms with Gasteiger partial charge in [0.2, 0.25) is 0 Å². The molecule has 0 bridgehead atoms. The Morgan fingerprint density at radius 3 is 2.88 bits per heavy atom. The van der Waals surface area contributed by atoms with Crippen molar-refractivity contribution in [1.29, 1.82) is 0 Å². The van der Waals surface area contributed by atoms with Crippen molar-refractivity contribution in [3.8, 4) is 5.82 Å². The van der Waals surface area contributed by atoms with E-state index in [1.54, 1.807) is 35.6 Å². The molecule has 8 nitrogen and oxygen atoms in total. The van der Waals surface area contributed by atoms with Crippen molar-refractivity contribution in [2.45, 2.75) is 32.2 Å². The van der Waals surface area contributed by atoms with E-state index in [0.717, 1.165) is 31.8 Å². The molecule has 3 aromatic rings. The van der Waals surface area contributed by atoms with Crippen LogP contribution in [-0.2, 0) is 6.54 Å². The zero-order valence-corrected chi connectivity index (χ0v) is 14.7. The Bertz CT molecular complexity index is 887. The van der Waals surface area contributed by atoms with Gasteiger partial charge in [0.1, 0.15) is 24.3 Å². The fourth-order valence-electron chi connectivity index (χ4n) is 3.51. The highest BCUT2D eigenvalue weighted by Crippen LogP contribution is 2.27. The lowest BCUT2D eigenvalue weighted by Gasteiger charge is -2.32. The molecule has 3 aromatic heterocycles. The predicted octanol–water partition coefficient (Wildman–Crippen LogP) is 1.90. The number of aryl methyl sites for hydroxylation is 1. The first-order valence-electron chi connectivity index (χ1n) is 8.87. The van der Waals surface area contributed by atoms with Crippen LogP contribution in [0.3, 0.4) is 0 Å². The van der Waals surface area contributed by atoms with Gasteiger partial charge < -0.3 is 9.47 Å². The van der Waals surface area contributed by atoms with E-state index >= 15 is 0 Å². The summed E-state index contributed by atoms with van der Waals surface area (Å²) in [6.45, 7) is 4.47. The van der Waals surface area contributed by atoms with Gasteiger partial charge in [0.05, 0.1) is 0 Å². The van der Waals surface area contributed by atoms with Crippen molar-refractivity contribution in [3.05, 3.63) is 54.8 Å². The molecule has 0 radical (unpaired) electrons. The predicted molar refractivity (Wildman–Crippen MR) is 94.9 cm³/mol. The minimum absolute atomic E-state index is 0.0287. The Balaban J connectivity index is 1.54. The van der Waals surface area contributed by atoms with E-state index in [1.165, 1.54) is 0 Å². The van der Waals surface area contributed by atoms with Crippen molar-refractivity contribution in [1.82, 2.24) is 34.2 Å². The molecule has 4 rings (SSSR count). The third-order valence-corrected chi connectivity index (χ3v) is 4.84. The molecule has 1 saturated heterocycles. The van der Waals surface area contributed by atoms with Crippen molar-refractivity contribution in [2.75, 3.05) is 13.1 Å². The smallest absolute Gasteiger partial charge is 0.254 e. The highest BCUT2D eigenvalue weighted by molar-refractivity contribution is 5.94. The van der Waals surface area contributed by atoms with Crippen LogP contribution >= 0.6 is 0 Å². The highest BCUT2D eigenvalue weighted by atomic mass is 16.2. The summed E-state index contributed by atoms with van der Waals surface area (Å²) in [6.07, 6.45) is 10.7. The highest BCUT2D eigenvalue weighted by Gasteiger charge is 2.28. The maximum absolute atomic E-state index is 13.0. The Hall–Kier alpha value is -3.03. The van der Waals surface area contributed by atoms with Crippen LogP contribution in [0.2, 0.25) is 0 Å². The fourth-order valence-corrected chi connectivity index (χ4v) is 3.51. The second-order valence-corrected chi connectivity index (χ2v) is 6.43. The minimum atomic E-state index is 0.0287. The van der Waals surface area contributed by atoms with Crippen molar-refractivity contribution in [3.63, 3.8) is 0 Å². The molecule has 0 aliphatic carbocycles. The van der Waals surface area contributed by atoms with E-state index in [-0.39, 0.29) is 11.8 Å². The van der Waals surface area contributed by atoms with Crippen LogP contribution in [-0.4, -0.2) is 53.2 Å². The fraction of sp³-hybridized carbons (Fsp3) is 0.389. The number of hydrogen-bond donors (Lipinski definition) is 0. The zero-order valence-electron chi connectivity index (χ0n) is 14.7. The standard InChI is InChI=1S/C18H21N7O/c1-2-23-9-7-20-17(23)15-4-3-8-24(11-15)18(26)14-5-6-19-16(10-14)25-12-21-22-13-25/h5-7,9-10,12-13,15H,2-4,8,11H2,1H3/t15-/m1/s1. The first kappa shape index (κ1) is 16.4. The molecule has 134 valence electrons. The Morgan fingerprint density at radius 1 is 1.23 bits per heavy atom. The second kappa shape index (κ2) is 7.07. The van der Waals surface area contributed by atoms with Gasteiger partial charge in [-0.25, -0.2) is 9.97 Å². The van der Waals surface area contributed by atoms with Gasteiger partial charge in [-0.2, -0.15) is 0 Å². The number of piperidine rings is 1. The average Bonchev–Trinajstić information content (AvgIpc) is 3.39. The van der Waals surface area contributed by atoms with E-state index < -0.39 is 0 Å². The number of rotatable bonds is 4. The molecule has 1 aliphatic heterocycles. The lowest BCUT2D eigenvalue weighted by atomic mass is 9.96. The maximum atomic E-state index is 13.0. The average molecular weight is 351 g/mol. The number of aromatic nitrogens is 6. The van der Waals surface area contributed by atoms with Crippen LogP contribution in [0.4, 0.5) is 0 Å². The minimum Gasteiger partial charge on any atom is -0.338 e. The molecule has 1 aliphatic rings. The van der Waals surface area contributed by atoms with Crippen molar-refractivity contribution < 1.29 is 4.79 Å². The van der Waals surface area contributed by atoms with Crippen molar-refractivity contribution in [2.24, 2.45) is 0 Å². The number of pyridine rings is 1. The van der Waals surface area contributed by atoms with Gasteiger partial charge in [0.25, 0.3) is 5.91 Å². The SMILES string of the molecule is CCn1ccnc1[C@@H]1CCCN(C(=O)c2ccnc(-n3cnnc3)c2)C1. The zero-order chi connectivity index (χ0) is 17.9. The molecule has 26 heavy (non-hydrogen) atoms. The first-order chi connectivity index (χ1) is 12.8. The molecule has 1 amide bonds. The lowest BCUT2D eigenvalue weighted by molar-refractivity contribution is 0.0703. The molecule has 0 spiro atoms. The molecular weight excluding hydrogens is 330 g/mol. The number of nitrogens with zero attached hydrogens (tertiary/aromatic N) is 7. The topological polar surface area (TPSA) is 81.7 Å². The lowest BCUT2D eigenvalue weighted by Crippen LogP contribution is -2.39. The van der Waals surface area contributed by atoms with Gasteiger partial charge in [-0.3, -0.25) is 9.36 Å². The van der Waals surface area contributed by atoms with Gasteiger partial charge in [-0.1, -0.05) is 0 Å². The van der Waals surface area contributed by atoms with Crippen LogP contribution in [0.5, 0.6) is 0 Å². The summed E-state index contributed by atoms with van der Waals surface area (Å²) in [7, 11) is 0. The summed E-state index contributed by atoms with van der Waals surface area (Å²) >= 11 is 0. The number of carbonyl (C=O) groups is 1. The number of carbonyl (C=O) groups excluding carboxylic acids is 1. The summed E-state index contributed by atoms with van der Waals surface area (Å²) in [5.41, 5.74) is 0.628. The van der Waals surface area contributed by atoms with E-state index in [2.05, 4.69) is 31.7 Å². The van der Waals surface area contributed by atoms with E-state index in [0.29, 0.717) is 17.9 Å². The Labute approximate surface area is 151 Å². The molecular formula is C18H21N7O. The molecule has 0 saturated carbocycles. The molecule has 0 N–H and O–H groups in total. The second-order valence-electron chi connectivity index (χ2n) is 6.43. The van der Waals surface area contributed by atoms with Gasteiger partial charge in [0.15, 0.2) is 0 Å². The van der Waals surface area contributed by atoms with Crippen LogP contribution in [0.25, 0.3) is 5.82 Å². The molecule has 4 heterocycles. The van der Waals surface area contributed by atoms with Gasteiger partial charge in [-0.15, -0.1) is 10.2 Å². The number of imidazole rings is 1. The molecule has 1 atom stereocenters. The summed E-state index contributed by atoms with van der Waals surface area (Å²) in [5, 5.41) is 7.57. The number of likely N-dealkylation sites (tertiary alicyclic amines) is 1. The third kappa shape index (κ3) is 3.10. The van der Waals surface area contributed by atoms with E-state index in [9.17, 15) is 4.79 Å². The number of hydrogen-bond acceptors (Lipinski definition) is 5. The molecule has 0 aromatic carbocycles. The molecule has 1 fully saturated rings. The normalized spacial score (nSPS) is 17.4. The summed E-state index contributed by atoms with van der Waals surface area (Å²) in [4.78, 5) is 23.8. The summed E-state index contributed by atoms with van der Waals surface area (Å²) < 4.78 is 3.85. The van der Waals surface area contributed by atoms with E-state index in [1.807, 2.05) is 17.3 Å². The monoisotopic (exact) mass is 351 g/mol. The Morgan fingerprint density at radius 2 is 2.08 bits per heavy atom. The maximum Gasteiger partial charge on any atom is 0.254 e. The van der Waals surface area contributed by atoms with Crippen LogP contribution in [0, 0.1) is 0 Å². The van der Waals surface area contributed by atoms with Crippen LogP contribution < -0.4 is 0 Å².